The molecule has 1 aliphatic heterocycles. The lowest BCUT2D eigenvalue weighted by Gasteiger charge is -2.07. The predicted molar refractivity (Wildman–Crippen MR) is 106 cm³/mol. The number of carbonyl (C=O) groups excluding carboxylic acids is 2. The zero-order valence-electron chi connectivity index (χ0n) is 14.5. The van der Waals surface area contributed by atoms with Crippen LogP contribution in [0.4, 0.5) is 5.69 Å². The second-order valence-electron chi connectivity index (χ2n) is 5.62. The number of carbonyl (C=O) groups is 2. The monoisotopic (exact) mass is 402 g/mol. The minimum atomic E-state index is -0.422. The Morgan fingerprint density at radius 1 is 1.26 bits per heavy atom. The molecule has 1 saturated heterocycles. The first-order chi connectivity index (χ1) is 12.9. The second kappa shape index (κ2) is 7.85. The van der Waals surface area contributed by atoms with Gasteiger partial charge in [-0.1, -0.05) is 17.7 Å². The highest BCUT2D eigenvalue weighted by Gasteiger charge is 2.30. The first-order valence-electron chi connectivity index (χ1n) is 7.82. The molecule has 0 radical (unpaired) electrons. The van der Waals surface area contributed by atoms with Gasteiger partial charge in [0.25, 0.3) is 5.91 Å². The van der Waals surface area contributed by atoms with Crippen LogP contribution in [0.5, 0.6) is 5.75 Å². The number of halogens is 1. The number of ether oxygens (including phenoxy) is 1. The summed E-state index contributed by atoms with van der Waals surface area (Å²) in [7, 11) is 2.96. The lowest BCUT2D eigenvalue weighted by Crippen LogP contribution is -2.23. The lowest BCUT2D eigenvalue weighted by molar-refractivity contribution is -0.121. The summed E-state index contributed by atoms with van der Waals surface area (Å²) >= 11 is 7.14. The van der Waals surface area contributed by atoms with Crippen molar-refractivity contribution < 1.29 is 19.4 Å². The van der Waals surface area contributed by atoms with E-state index in [9.17, 15) is 14.7 Å². The maximum Gasteiger partial charge on any atom is 0.337 e. The summed E-state index contributed by atoms with van der Waals surface area (Å²) in [5.74, 6) is -0.623. The summed E-state index contributed by atoms with van der Waals surface area (Å²) in [5, 5.41) is 10.2. The molecule has 0 unspecified atom stereocenters. The topological polar surface area (TPSA) is 79.2 Å². The van der Waals surface area contributed by atoms with Crippen LogP contribution in [0.3, 0.4) is 0 Å². The average molecular weight is 403 g/mol. The van der Waals surface area contributed by atoms with Crippen molar-refractivity contribution in [2.24, 2.45) is 4.99 Å². The molecule has 0 bridgehead atoms. The van der Waals surface area contributed by atoms with Gasteiger partial charge in [-0.2, -0.15) is 0 Å². The Morgan fingerprint density at radius 2 is 1.96 bits per heavy atom. The molecule has 1 heterocycles. The Balaban J connectivity index is 1.84. The maximum absolute atomic E-state index is 12.5. The van der Waals surface area contributed by atoms with Gasteiger partial charge in [-0.05, 0) is 59.8 Å². The van der Waals surface area contributed by atoms with Gasteiger partial charge < -0.3 is 9.84 Å². The molecular weight excluding hydrogens is 388 g/mol. The Labute approximate surface area is 165 Å². The van der Waals surface area contributed by atoms with Gasteiger partial charge in [-0.15, -0.1) is 0 Å². The van der Waals surface area contributed by atoms with Gasteiger partial charge in [0.15, 0.2) is 5.17 Å². The smallest absolute Gasteiger partial charge is 0.337 e. The first kappa shape index (κ1) is 19.0. The summed E-state index contributed by atoms with van der Waals surface area (Å²) < 4.78 is 4.66. The highest BCUT2D eigenvalue weighted by Crippen LogP contribution is 2.34. The molecule has 0 aromatic heterocycles. The minimum Gasteiger partial charge on any atom is -0.506 e. The molecule has 27 heavy (non-hydrogen) atoms. The van der Waals surface area contributed by atoms with E-state index in [-0.39, 0.29) is 16.7 Å². The number of esters is 1. The number of phenols is 1. The van der Waals surface area contributed by atoms with Crippen LogP contribution in [0.15, 0.2) is 52.4 Å². The van der Waals surface area contributed by atoms with Gasteiger partial charge in [0, 0.05) is 7.05 Å². The quantitative estimate of drug-likeness (QED) is 0.618. The van der Waals surface area contributed by atoms with E-state index in [0.29, 0.717) is 26.9 Å². The molecular formula is C19H15ClN2O4S. The highest BCUT2D eigenvalue weighted by molar-refractivity contribution is 8.18. The molecule has 0 saturated carbocycles. The number of benzene rings is 2. The van der Waals surface area contributed by atoms with Crippen molar-refractivity contribution in [3.63, 3.8) is 0 Å². The van der Waals surface area contributed by atoms with Crippen molar-refractivity contribution in [2.75, 3.05) is 14.2 Å². The number of hydrogen-bond acceptors (Lipinski definition) is 6. The molecule has 1 N–H and O–H groups in total. The number of thioether (sulfide) groups is 1. The number of likely N-dealkylation sites (N-methyl/N-ethyl adjacent to an activating group) is 1. The zero-order chi connectivity index (χ0) is 19.6. The van der Waals surface area contributed by atoms with Crippen LogP contribution in [0.1, 0.15) is 15.9 Å². The summed E-state index contributed by atoms with van der Waals surface area (Å²) in [6, 6.07) is 11.3. The van der Waals surface area contributed by atoms with E-state index in [1.807, 2.05) is 0 Å². The third-order valence-electron chi connectivity index (χ3n) is 3.79. The Kier molecular flexibility index (Phi) is 5.53. The molecule has 3 rings (SSSR count). The fraction of sp³-hybridized carbons (Fsp3) is 0.105. The van der Waals surface area contributed by atoms with Crippen LogP contribution < -0.4 is 0 Å². The lowest BCUT2D eigenvalue weighted by atomic mass is 10.2. The number of amides is 1. The molecule has 8 heteroatoms. The third kappa shape index (κ3) is 4.15. The Hall–Kier alpha value is -2.77. The molecule has 1 aliphatic rings. The van der Waals surface area contributed by atoms with Crippen molar-refractivity contribution in [3.8, 4) is 5.75 Å². The minimum absolute atomic E-state index is 0.0148. The molecule has 138 valence electrons. The van der Waals surface area contributed by atoms with Crippen molar-refractivity contribution in [1.82, 2.24) is 4.90 Å². The number of methoxy groups -OCH3 is 1. The normalized spacial score (nSPS) is 17.0. The van der Waals surface area contributed by atoms with Crippen LogP contribution in [0.25, 0.3) is 6.08 Å². The van der Waals surface area contributed by atoms with E-state index in [0.717, 1.165) is 0 Å². The molecule has 2 aromatic carbocycles. The summed E-state index contributed by atoms with van der Waals surface area (Å²) in [5.41, 5.74) is 1.74. The molecule has 0 aliphatic carbocycles. The van der Waals surface area contributed by atoms with Crippen LogP contribution in [-0.4, -0.2) is 41.2 Å². The molecule has 0 spiro atoms. The van der Waals surface area contributed by atoms with E-state index >= 15 is 0 Å². The molecule has 2 aromatic rings. The van der Waals surface area contributed by atoms with E-state index < -0.39 is 5.97 Å². The van der Waals surface area contributed by atoms with Gasteiger partial charge in [0.1, 0.15) is 5.75 Å². The van der Waals surface area contributed by atoms with Gasteiger partial charge in [0.05, 0.1) is 28.3 Å². The zero-order valence-corrected chi connectivity index (χ0v) is 16.0. The Bertz CT molecular complexity index is 970. The van der Waals surface area contributed by atoms with Crippen LogP contribution in [0, 0.1) is 0 Å². The fourth-order valence-corrected chi connectivity index (χ4v) is 3.49. The van der Waals surface area contributed by atoms with E-state index in [2.05, 4.69) is 9.73 Å². The largest absolute Gasteiger partial charge is 0.506 e. The number of phenolic OH excluding ortho intramolecular Hbond substituents is 1. The third-order valence-corrected chi connectivity index (χ3v) is 5.15. The number of nitrogens with zero attached hydrogens (tertiary/aromatic N) is 2. The Morgan fingerprint density at radius 3 is 2.59 bits per heavy atom. The van der Waals surface area contributed by atoms with Crippen molar-refractivity contribution >= 4 is 52.2 Å². The van der Waals surface area contributed by atoms with Crippen LogP contribution >= 0.6 is 23.4 Å². The number of amidine groups is 1. The van der Waals surface area contributed by atoms with Crippen molar-refractivity contribution in [2.45, 2.75) is 0 Å². The highest BCUT2D eigenvalue weighted by atomic mass is 35.5. The van der Waals surface area contributed by atoms with Crippen molar-refractivity contribution in [3.05, 3.63) is 63.5 Å². The maximum atomic E-state index is 12.5. The average Bonchev–Trinajstić information content (AvgIpc) is 2.92. The van der Waals surface area contributed by atoms with Gasteiger partial charge in [0.2, 0.25) is 0 Å². The molecule has 0 atom stereocenters. The fourth-order valence-electron chi connectivity index (χ4n) is 2.32. The van der Waals surface area contributed by atoms with Crippen LogP contribution in [-0.2, 0) is 9.53 Å². The summed E-state index contributed by atoms with van der Waals surface area (Å²) in [4.78, 5) is 30.3. The summed E-state index contributed by atoms with van der Waals surface area (Å²) in [6.07, 6.45) is 1.69. The van der Waals surface area contributed by atoms with E-state index in [4.69, 9.17) is 11.6 Å². The second-order valence-corrected chi connectivity index (χ2v) is 7.03. The van der Waals surface area contributed by atoms with E-state index in [1.165, 1.54) is 29.8 Å². The standard InChI is InChI=1S/C19H15ClN2O4S/c1-22-17(24)16(10-11-3-8-15(23)14(20)9-11)27-19(22)21-13-6-4-12(5-7-13)18(25)26-2/h3-10,23H,1-2H3/b16-10-,21-19?. The number of aromatic hydroxyl groups is 1. The van der Waals surface area contributed by atoms with E-state index in [1.54, 1.807) is 49.5 Å². The molecule has 6 nitrogen and oxygen atoms in total. The van der Waals surface area contributed by atoms with Gasteiger partial charge in [-0.25, -0.2) is 9.79 Å². The van der Waals surface area contributed by atoms with Gasteiger partial charge in [-0.3, -0.25) is 9.69 Å². The number of hydrogen-bond donors (Lipinski definition) is 1. The molecule has 1 amide bonds. The number of aliphatic imine (C=N–C) groups is 1. The van der Waals surface area contributed by atoms with Crippen molar-refractivity contribution in [1.29, 1.82) is 0 Å². The number of rotatable bonds is 3. The first-order valence-corrected chi connectivity index (χ1v) is 9.01. The predicted octanol–water partition coefficient (Wildman–Crippen LogP) is 4.07. The van der Waals surface area contributed by atoms with Gasteiger partial charge >= 0.3 is 5.97 Å². The molecule has 1 fully saturated rings. The van der Waals surface area contributed by atoms with Crippen LogP contribution in [0.2, 0.25) is 5.02 Å². The SMILES string of the molecule is COC(=O)c1ccc(N=C2S/C(=C\c3ccc(O)c(Cl)c3)C(=O)N2C)cc1. The summed E-state index contributed by atoms with van der Waals surface area (Å²) in [6.45, 7) is 0.